The first-order valence-corrected chi connectivity index (χ1v) is 11.3. The van der Waals surface area contributed by atoms with Crippen molar-refractivity contribution in [2.75, 3.05) is 19.7 Å². The van der Waals surface area contributed by atoms with Crippen LogP contribution in [0.25, 0.3) is 0 Å². The average Bonchev–Trinajstić information content (AvgIpc) is 2.66. The molecule has 0 unspecified atom stereocenters. The van der Waals surface area contributed by atoms with Crippen LogP contribution in [0.15, 0.2) is 29.2 Å². The summed E-state index contributed by atoms with van der Waals surface area (Å²) in [4.78, 5) is 25.4. The van der Waals surface area contributed by atoms with E-state index in [0.29, 0.717) is 30.8 Å². The first-order valence-electron chi connectivity index (χ1n) is 9.51. The first-order chi connectivity index (χ1) is 13.3. The van der Waals surface area contributed by atoms with E-state index in [0.717, 1.165) is 12.8 Å². The third-order valence-electron chi connectivity index (χ3n) is 5.25. The van der Waals surface area contributed by atoms with Crippen molar-refractivity contribution in [3.8, 4) is 0 Å². The van der Waals surface area contributed by atoms with Crippen molar-refractivity contribution in [1.29, 1.82) is 0 Å². The molecular formula is C19H25ClN2O5S. The van der Waals surface area contributed by atoms with E-state index in [1.54, 1.807) is 12.1 Å². The molecule has 0 saturated carbocycles. The molecule has 1 aromatic rings. The molecule has 2 saturated heterocycles. The van der Waals surface area contributed by atoms with Gasteiger partial charge in [0.2, 0.25) is 10.0 Å². The molecule has 2 fully saturated rings. The Bertz CT molecular complexity index is 827. The molecule has 2 aliphatic rings. The Labute approximate surface area is 170 Å². The second-order valence-electron chi connectivity index (χ2n) is 7.36. The highest BCUT2D eigenvalue weighted by atomic mass is 35.5. The number of hydrogen-bond donors (Lipinski definition) is 0. The number of hydrogen-bond acceptors (Lipinski definition) is 5. The molecule has 1 amide bonds. The summed E-state index contributed by atoms with van der Waals surface area (Å²) in [5.41, 5.74) is 0. The molecule has 2 heterocycles. The van der Waals surface area contributed by atoms with Crippen LogP contribution in [0, 0.1) is 0 Å². The molecule has 0 aromatic heterocycles. The Balaban J connectivity index is 1.72. The van der Waals surface area contributed by atoms with E-state index in [1.165, 1.54) is 21.3 Å². The van der Waals surface area contributed by atoms with Gasteiger partial charge in [-0.05, 0) is 50.5 Å². The van der Waals surface area contributed by atoms with Crippen molar-refractivity contribution in [2.45, 2.75) is 56.0 Å². The van der Waals surface area contributed by atoms with Crippen molar-refractivity contribution in [2.24, 2.45) is 0 Å². The van der Waals surface area contributed by atoms with E-state index in [1.807, 2.05) is 6.92 Å². The first kappa shape index (κ1) is 21.1. The molecule has 0 bridgehead atoms. The van der Waals surface area contributed by atoms with E-state index in [9.17, 15) is 18.0 Å². The van der Waals surface area contributed by atoms with Gasteiger partial charge in [0, 0.05) is 24.0 Å². The van der Waals surface area contributed by atoms with Gasteiger partial charge in [0.25, 0.3) is 0 Å². The normalized spacial score (nSPS) is 24.2. The van der Waals surface area contributed by atoms with Gasteiger partial charge in [0.1, 0.15) is 6.61 Å². The monoisotopic (exact) mass is 428 g/mol. The minimum atomic E-state index is -3.74. The summed E-state index contributed by atoms with van der Waals surface area (Å²) in [6, 6.07) is 5.43. The molecule has 2 aliphatic heterocycles. The molecule has 3 rings (SSSR count). The fourth-order valence-corrected chi connectivity index (χ4v) is 5.82. The number of likely N-dealkylation sites (tertiary alicyclic amines) is 1. The number of rotatable bonds is 4. The molecule has 9 heteroatoms. The summed E-state index contributed by atoms with van der Waals surface area (Å²) >= 11 is 5.88. The van der Waals surface area contributed by atoms with Crippen molar-refractivity contribution in [3.05, 3.63) is 29.3 Å². The van der Waals surface area contributed by atoms with Crippen molar-refractivity contribution in [1.82, 2.24) is 9.21 Å². The summed E-state index contributed by atoms with van der Waals surface area (Å²) in [5.74, 6) is 0.0152. The number of benzene rings is 1. The third kappa shape index (κ3) is 4.67. The highest BCUT2D eigenvalue weighted by Gasteiger charge is 2.38. The Morgan fingerprint density at radius 3 is 2.61 bits per heavy atom. The standard InChI is InChI=1S/C19H25ClN2O5S/c1-14-4-2-5-16(13-27-19(24)21-11-3-6-17(23)12-21)22(14)28(25,26)18-9-7-15(20)8-10-18/h7-10,14,16H,2-6,11-13H2,1H3/t14-,16-/m1/s1. The molecule has 1 aromatic carbocycles. The van der Waals surface area contributed by atoms with Crippen molar-refractivity contribution in [3.63, 3.8) is 0 Å². The number of carbonyl (C=O) groups is 2. The number of Topliss-reactive ketones (excluding diaryl/α,β-unsaturated/α-hetero) is 1. The molecule has 0 radical (unpaired) electrons. The summed E-state index contributed by atoms with van der Waals surface area (Å²) < 4.78 is 33.3. The van der Waals surface area contributed by atoms with Crippen molar-refractivity contribution < 1.29 is 22.7 Å². The third-order valence-corrected chi connectivity index (χ3v) is 7.58. The molecule has 7 nitrogen and oxygen atoms in total. The number of amides is 1. The molecule has 2 atom stereocenters. The maximum absolute atomic E-state index is 13.2. The maximum Gasteiger partial charge on any atom is 0.410 e. The molecule has 0 N–H and O–H groups in total. The number of sulfonamides is 1. The minimum absolute atomic E-state index is 0.0152. The Morgan fingerprint density at radius 1 is 1.21 bits per heavy atom. The lowest BCUT2D eigenvalue weighted by Crippen LogP contribution is -2.51. The Morgan fingerprint density at radius 2 is 1.93 bits per heavy atom. The maximum atomic E-state index is 13.2. The Hall–Kier alpha value is -1.64. The average molecular weight is 429 g/mol. The van der Waals surface area contributed by atoms with E-state index >= 15 is 0 Å². The lowest BCUT2D eigenvalue weighted by Gasteiger charge is -2.39. The largest absolute Gasteiger partial charge is 0.448 e. The predicted octanol–water partition coefficient (Wildman–Crippen LogP) is 3.07. The van der Waals surface area contributed by atoms with E-state index in [4.69, 9.17) is 16.3 Å². The van der Waals surface area contributed by atoms with E-state index in [2.05, 4.69) is 0 Å². The second kappa shape index (κ2) is 8.80. The Kier molecular flexibility index (Phi) is 6.62. The molecule has 0 spiro atoms. The van der Waals surface area contributed by atoms with Gasteiger partial charge < -0.3 is 9.64 Å². The number of halogens is 1. The number of ether oxygens (including phenoxy) is 1. The number of nitrogens with zero attached hydrogens (tertiary/aromatic N) is 2. The zero-order valence-corrected chi connectivity index (χ0v) is 17.4. The molecule has 0 aliphatic carbocycles. The zero-order valence-electron chi connectivity index (χ0n) is 15.8. The van der Waals surface area contributed by atoms with Crippen LogP contribution in [-0.2, 0) is 19.6 Å². The van der Waals surface area contributed by atoms with E-state index in [-0.39, 0.29) is 29.9 Å². The topological polar surface area (TPSA) is 84.0 Å². The lowest BCUT2D eigenvalue weighted by atomic mass is 10.0. The van der Waals surface area contributed by atoms with Gasteiger partial charge in [-0.3, -0.25) is 4.79 Å². The summed E-state index contributed by atoms with van der Waals surface area (Å²) in [6.07, 6.45) is 2.78. The van der Waals surface area contributed by atoms with Crippen LogP contribution in [0.2, 0.25) is 5.02 Å². The summed E-state index contributed by atoms with van der Waals surface area (Å²) in [6.45, 7) is 2.39. The van der Waals surface area contributed by atoms with Crippen molar-refractivity contribution >= 4 is 33.5 Å². The van der Waals surface area contributed by atoms with Gasteiger partial charge >= 0.3 is 6.09 Å². The molecule has 154 valence electrons. The van der Waals surface area contributed by atoms with Gasteiger partial charge in [0.15, 0.2) is 5.78 Å². The number of ketones is 1. The van der Waals surface area contributed by atoms with Gasteiger partial charge in [-0.1, -0.05) is 18.0 Å². The highest BCUT2D eigenvalue weighted by Crippen LogP contribution is 2.30. The van der Waals surface area contributed by atoms with Crippen LogP contribution in [0.3, 0.4) is 0 Å². The van der Waals surface area contributed by atoms with Gasteiger partial charge in [-0.25, -0.2) is 13.2 Å². The second-order valence-corrected chi connectivity index (χ2v) is 9.64. The number of piperidine rings is 2. The fourth-order valence-electron chi connectivity index (χ4n) is 3.83. The smallest absolute Gasteiger partial charge is 0.410 e. The fraction of sp³-hybridized carbons (Fsp3) is 0.579. The summed E-state index contributed by atoms with van der Waals surface area (Å²) in [7, 11) is -3.74. The van der Waals surface area contributed by atoms with Gasteiger partial charge in [-0.2, -0.15) is 4.31 Å². The molecular weight excluding hydrogens is 404 g/mol. The van der Waals surface area contributed by atoms with Crippen LogP contribution >= 0.6 is 11.6 Å². The SMILES string of the molecule is C[C@@H]1CCC[C@H](COC(=O)N2CCCC(=O)C2)N1S(=O)(=O)c1ccc(Cl)cc1. The minimum Gasteiger partial charge on any atom is -0.448 e. The van der Waals surface area contributed by atoms with Gasteiger partial charge in [-0.15, -0.1) is 0 Å². The highest BCUT2D eigenvalue weighted by molar-refractivity contribution is 7.89. The zero-order chi connectivity index (χ0) is 20.3. The van der Waals surface area contributed by atoms with Crippen LogP contribution in [0.4, 0.5) is 4.79 Å². The van der Waals surface area contributed by atoms with Crippen LogP contribution in [0.1, 0.15) is 39.0 Å². The van der Waals surface area contributed by atoms with E-state index < -0.39 is 22.2 Å². The quantitative estimate of drug-likeness (QED) is 0.735. The number of carbonyl (C=O) groups excluding carboxylic acids is 2. The molecule has 28 heavy (non-hydrogen) atoms. The van der Waals surface area contributed by atoms with Gasteiger partial charge in [0.05, 0.1) is 17.5 Å². The van der Waals surface area contributed by atoms with Crippen LogP contribution in [-0.4, -0.2) is 61.3 Å². The lowest BCUT2D eigenvalue weighted by molar-refractivity contribution is -0.121. The summed E-state index contributed by atoms with van der Waals surface area (Å²) in [5, 5.41) is 0.465. The predicted molar refractivity (Wildman–Crippen MR) is 105 cm³/mol. The van der Waals surface area contributed by atoms with Crippen LogP contribution < -0.4 is 0 Å². The van der Waals surface area contributed by atoms with Crippen LogP contribution in [0.5, 0.6) is 0 Å².